The lowest BCUT2D eigenvalue weighted by Gasteiger charge is -2.22. The fourth-order valence-corrected chi connectivity index (χ4v) is 2.43. The third-order valence-corrected chi connectivity index (χ3v) is 3.73. The smallest absolute Gasteiger partial charge is 0.161 e. The molecule has 1 aromatic carbocycles. The molecule has 2 aliphatic rings. The fraction of sp³-hybridized carbons (Fsp3) is 0.571. The molecule has 1 aliphatic carbocycles. The largest absolute Gasteiger partial charge is 0.486 e. The molecule has 1 aromatic rings. The summed E-state index contributed by atoms with van der Waals surface area (Å²) in [5.41, 5.74) is 4.09. The SMILES string of the molecule is NNC(CCC1CC1)c1ccc2c(c1)OCCO2. The summed E-state index contributed by atoms with van der Waals surface area (Å²) in [4.78, 5) is 0. The third kappa shape index (κ3) is 2.60. The molecule has 4 nitrogen and oxygen atoms in total. The number of rotatable bonds is 5. The molecule has 0 bridgehead atoms. The second kappa shape index (κ2) is 5.16. The Hall–Kier alpha value is -1.26. The van der Waals surface area contributed by atoms with Crippen LogP contribution in [0.15, 0.2) is 18.2 Å². The molecule has 1 atom stereocenters. The van der Waals surface area contributed by atoms with Crippen LogP contribution in [0.5, 0.6) is 11.5 Å². The van der Waals surface area contributed by atoms with Crippen LogP contribution in [0.25, 0.3) is 0 Å². The third-order valence-electron chi connectivity index (χ3n) is 3.73. The fourth-order valence-electron chi connectivity index (χ4n) is 2.43. The van der Waals surface area contributed by atoms with Crippen molar-refractivity contribution in [2.75, 3.05) is 13.2 Å². The first-order valence-corrected chi connectivity index (χ1v) is 6.72. The first-order valence-electron chi connectivity index (χ1n) is 6.72. The van der Waals surface area contributed by atoms with E-state index in [-0.39, 0.29) is 6.04 Å². The average Bonchev–Trinajstić information content (AvgIpc) is 3.23. The first kappa shape index (κ1) is 11.8. The molecule has 0 saturated heterocycles. The van der Waals surface area contributed by atoms with Crippen LogP contribution in [-0.2, 0) is 0 Å². The zero-order valence-corrected chi connectivity index (χ0v) is 10.5. The van der Waals surface area contributed by atoms with Gasteiger partial charge in [-0.05, 0) is 36.5 Å². The van der Waals surface area contributed by atoms with Crippen LogP contribution in [0.2, 0.25) is 0 Å². The Kier molecular flexibility index (Phi) is 3.39. The minimum atomic E-state index is 0.210. The topological polar surface area (TPSA) is 56.5 Å². The van der Waals surface area contributed by atoms with Gasteiger partial charge in [-0.15, -0.1) is 0 Å². The van der Waals surface area contributed by atoms with Gasteiger partial charge >= 0.3 is 0 Å². The van der Waals surface area contributed by atoms with Gasteiger partial charge in [-0.25, -0.2) is 0 Å². The summed E-state index contributed by atoms with van der Waals surface area (Å²) in [5.74, 6) is 8.27. The summed E-state index contributed by atoms with van der Waals surface area (Å²) in [6.45, 7) is 1.26. The minimum absolute atomic E-state index is 0.210. The molecule has 3 rings (SSSR count). The summed E-state index contributed by atoms with van der Waals surface area (Å²) >= 11 is 0. The highest BCUT2D eigenvalue weighted by atomic mass is 16.6. The molecule has 0 amide bonds. The van der Waals surface area contributed by atoms with Crippen LogP contribution in [0.4, 0.5) is 0 Å². The molecular weight excluding hydrogens is 228 g/mol. The molecule has 0 radical (unpaired) electrons. The normalized spacial score (nSPS) is 19.6. The quantitative estimate of drug-likeness (QED) is 0.619. The Balaban J connectivity index is 1.71. The highest BCUT2D eigenvalue weighted by Gasteiger charge is 2.23. The molecule has 4 heteroatoms. The highest BCUT2D eigenvalue weighted by Crippen LogP contribution is 2.37. The van der Waals surface area contributed by atoms with Gasteiger partial charge in [0, 0.05) is 6.04 Å². The van der Waals surface area contributed by atoms with E-state index in [0.717, 1.165) is 23.8 Å². The Morgan fingerprint density at radius 1 is 1.22 bits per heavy atom. The maximum atomic E-state index is 5.67. The Bertz CT molecular complexity index is 418. The molecule has 0 spiro atoms. The lowest BCUT2D eigenvalue weighted by Crippen LogP contribution is -2.28. The zero-order chi connectivity index (χ0) is 12.4. The monoisotopic (exact) mass is 248 g/mol. The van der Waals surface area contributed by atoms with E-state index in [4.69, 9.17) is 15.3 Å². The minimum Gasteiger partial charge on any atom is -0.486 e. The van der Waals surface area contributed by atoms with Crippen LogP contribution in [0, 0.1) is 5.92 Å². The maximum absolute atomic E-state index is 5.67. The van der Waals surface area contributed by atoms with E-state index in [1.54, 1.807) is 0 Å². The van der Waals surface area contributed by atoms with Gasteiger partial charge in [0.2, 0.25) is 0 Å². The first-order chi connectivity index (χ1) is 8.86. The second-order valence-electron chi connectivity index (χ2n) is 5.14. The van der Waals surface area contributed by atoms with Crippen LogP contribution in [0.1, 0.15) is 37.3 Å². The van der Waals surface area contributed by atoms with Crippen molar-refractivity contribution >= 4 is 0 Å². The summed E-state index contributed by atoms with van der Waals surface area (Å²) in [5, 5.41) is 0. The Morgan fingerprint density at radius 2 is 2.00 bits per heavy atom. The molecule has 3 N–H and O–H groups in total. The van der Waals surface area contributed by atoms with Gasteiger partial charge in [-0.1, -0.05) is 18.9 Å². The Morgan fingerprint density at radius 3 is 2.72 bits per heavy atom. The molecule has 1 fully saturated rings. The van der Waals surface area contributed by atoms with E-state index in [1.165, 1.54) is 24.8 Å². The number of nitrogens with two attached hydrogens (primary N) is 1. The van der Waals surface area contributed by atoms with Gasteiger partial charge in [0.15, 0.2) is 11.5 Å². The van der Waals surface area contributed by atoms with Crippen LogP contribution < -0.4 is 20.7 Å². The molecule has 1 heterocycles. The number of ether oxygens (including phenoxy) is 2. The van der Waals surface area contributed by atoms with Gasteiger partial charge in [-0.2, -0.15) is 0 Å². The molecule has 0 aromatic heterocycles. The van der Waals surface area contributed by atoms with Crippen molar-refractivity contribution < 1.29 is 9.47 Å². The average molecular weight is 248 g/mol. The predicted octanol–water partition coefficient (Wildman–Crippen LogP) is 2.15. The number of hydrogen-bond acceptors (Lipinski definition) is 4. The number of fused-ring (bicyclic) bond motifs is 1. The Labute approximate surface area is 107 Å². The van der Waals surface area contributed by atoms with Crippen molar-refractivity contribution in [1.82, 2.24) is 5.43 Å². The molecule has 1 saturated carbocycles. The van der Waals surface area contributed by atoms with Crippen molar-refractivity contribution in [3.05, 3.63) is 23.8 Å². The van der Waals surface area contributed by atoms with Gasteiger partial charge in [0.1, 0.15) is 13.2 Å². The zero-order valence-electron chi connectivity index (χ0n) is 10.5. The van der Waals surface area contributed by atoms with E-state index in [0.29, 0.717) is 13.2 Å². The van der Waals surface area contributed by atoms with E-state index in [9.17, 15) is 0 Å². The summed E-state index contributed by atoms with van der Waals surface area (Å²) in [6, 6.07) is 6.31. The van der Waals surface area contributed by atoms with Crippen molar-refractivity contribution in [2.24, 2.45) is 11.8 Å². The van der Waals surface area contributed by atoms with E-state index in [1.807, 2.05) is 12.1 Å². The molecule has 18 heavy (non-hydrogen) atoms. The standard InChI is InChI=1S/C14H20N2O2/c15-16-12(5-3-10-1-2-10)11-4-6-13-14(9-11)18-8-7-17-13/h4,6,9-10,12,16H,1-3,5,7-8,15H2. The number of nitrogens with one attached hydrogen (secondary N) is 1. The maximum Gasteiger partial charge on any atom is 0.161 e. The van der Waals surface area contributed by atoms with E-state index in [2.05, 4.69) is 11.5 Å². The summed E-state index contributed by atoms with van der Waals surface area (Å²) in [6.07, 6.45) is 5.11. The lowest BCUT2D eigenvalue weighted by atomic mass is 10.0. The molecule has 1 unspecified atom stereocenters. The van der Waals surface area contributed by atoms with Gasteiger partial charge in [0.25, 0.3) is 0 Å². The van der Waals surface area contributed by atoms with E-state index < -0.39 is 0 Å². The molecule has 1 aliphatic heterocycles. The van der Waals surface area contributed by atoms with Gasteiger partial charge in [0.05, 0.1) is 0 Å². The number of hydrogen-bond donors (Lipinski definition) is 2. The van der Waals surface area contributed by atoms with Crippen LogP contribution in [0.3, 0.4) is 0 Å². The van der Waals surface area contributed by atoms with Crippen molar-refractivity contribution in [3.8, 4) is 11.5 Å². The van der Waals surface area contributed by atoms with Gasteiger partial charge < -0.3 is 9.47 Å². The van der Waals surface area contributed by atoms with Crippen LogP contribution >= 0.6 is 0 Å². The number of benzene rings is 1. The van der Waals surface area contributed by atoms with Crippen LogP contribution in [-0.4, -0.2) is 13.2 Å². The summed E-state index contributed by atoms with van der Waals surface area (Å²) in [7, 11) is 0. The molecular formula is C14H20N2O2. The predicted molar refractivity (Wildman–Crippen MR) is 69.5 cm³/mol. The van der Waals surface area contributed by atoms with Gasteiger partial charge in [-0.3, -0.25) is 11.3 Å². The van der Waals surface area contributed by atoms with Crippen molar-refractivity contribution in [3.63, 3.8) is 0 Å². The van der Waals surface area contributed by atoms with Crippen molar-refractivity contribution in [1.29, 1.82) is 0 Å². The summed E-state index contributed by atoms with van der Waals surface area (Å²) < 4.78 is 11.1. The molecule has 98 valence electrons. The highest BCUT2D eigenvalue weighted by molar-refractivity contribution is 5.44. The second-order valence-corrected chi connectivity index (χ2v) is 5.14. The van der Waals surface area contributed by atoms with Crippen molar-refractivity contribution in [2.45, 2.75) is 31.7 Å². The van der Waals surface area contributed by atoms with E-state index >= 15 is 0 Å². The lowest BCUT2D eigenvalue weighted by molar-refractivity contribution is 0.171. The number of hydrazine groups is 1.